The number of hydrogen-bond donors (Lipinski definition) is 2. The van der Waals surface area contributed by atoms with Crippen molar-refractivity contribution in [2.24, 2.45) is 4.99 Å². The van der Waals surface area contributed by atoms with Gasteiger partial charge in [-0.1, -0.05) is 48.0 Å². The van der Waals surface area contributed by atoms with Crippen LogP contribution in [-0.2, 0) is 11.3 Å². The Bertz CT molecular complexity index is 768. The highest BCUT2D eigenvalue weighted by molar-refractivity contribution is 5.86. The summed E-state index contributed by atoms with van der Waals surface area (Å²) in [4.78, 5) is 17.9. The Kier molecular flexibility index (Phi) is 7.21. The molecule has 5 heteroatoms. The minimum absolute atomic E-state index is 0.0112. The number of nitrogens with zero attached hydrogens (tertiary/aromatic N) is 2. The van der Waals surface area contributed by atoms with Gasteiger partial charge < -0.3 is 15.5 Å². The molecular weight excluding hydrogens is 324 g/mol. The third kappa shape index (κ3) is 5.92. The maximum atomic E-state index is 11.7. The van der Waals surface area contributed by atoms with Gasteiger partial charge in [0, 0.05) is 20.6 Å². The summed E-state index contributed by atoms with van der Waals surface area (Å²) in [6.07, 6.45) is 0. The van der Waals surface area contributed by atoms with E-state index in [1.807, 2.05) is 6.92 Å². The maximum absolute atomic E-state index is 11.7. The zero-order chi connectivity index (χ0) is 18.9. The van der Waals surface area contributed by atoms with E-state index in [9.17, 15) is 4.79 Å². The highest BCUT2D eigenvalue weighted by Gasteiger charge is 2.05. The molecule has 0 aliphatic heterocycles. The summed E-state index contributed by atoms with van der Waals surface area (Å²) in [6.45, 7) is 5.61. The summed E-state index contributed by atoms with van der Waals surface area (Å²) in [7, 11) is 3.48. The zero-order valence-corrected chi connectivity index (χ0v) is 16.0. The van der Waals surface area contributed by atoms with Crippen LogP contribution in [0.4, 0.5) is 0 Å². The number of aryl methyl sites for hydroxylation is 1. The van der Waals surface area contributed by atoms with E-state index in [1.165, 1.54) is 16.7 Å². The fourth-order valence-corrected chi connectivity index (χ4v) is 2.50. The minimum atomic E-state index is 0.0112. The van der Waals surface area contributed by atoms with Crippen molar-refractivity contribution < 1.29 is 4.79 Å². The quantitative estimate of drug-likeness (QED) is 0.621. The molecule has 0 atom stereocenters. The smallest absolute Gasteiger partial charge is 0.241 e. The summed E-state index contributed by atoms with van der Waals surface area (Å²) in [5.41, 5.74) is 4.76. The summed E-state index contributed by atoms with van der Waals surface area (Å²) in [5.74, 6) is 0.653. The number of carbonyl (C=O) groups excluding carboxylic acids is 1. The summed E-state index contributed by atoms with van der Waals surface area (Å²) >= 11 is 0. The van der Waals surface area contributed by atoms with E-state index in [2.05, 4.69) is 71.1 Å². The van der Waals surface area contributed by atoms with Gasteiger partial charge in [0.25, 0.3) is 0 Å². The maximum Gasteiger partial charge on any atom is 0.241 e. The largest absolute Gasteiger partial charge is 0.357 e. The molecule has 0 saturated carbocycles. The first kappa shape index (κ1) is 19.5. The fraction of sp³-hybridized carbons (Fsp3) is 0.333. The van der Waals surface area contributed by atoms with Crippen LogP contribution < -0.4 is 10.6 Å². The van der Waals surface area contributed by atoms with Crippen LogP contribution in [0.5, 0.6) is 0 Å². The lowest BCUT2D eigenvalue weighted by atomic mass is 10.0. The lowest BCUT2D eigenvalue weighted by molar-refractivity contribution is -0.127. The van der Waals surface area contributed by atoms with Gasteiger partial charge in [0.2, 0.25) is 5.91 Å². The number of hydrogen-bond acceptors (Lipinski definition) is 2. The molecule has 26 heavy (non-hydrogen) atoms. The van der Waals surface area contributed by atoms with Crippen molar-refractivity contribution in [1.82, 2.24) is 15.5 Å². The van der Waals surface area contributed by atoms with Gasteiger partial charge in [-0.3, -0.25) is 4.79 Å². The van der Waals surface area contributed by atoms with E-state index in [-0.39, 0.29) is 12.5 Å². The second-order valence-corrected chi connectivity index (χ2v) is 6.41. The van der Waals surface area contributed by atoms with E-state index < -0.39 is 0 Å². The number of carbonyl (C=O) groups is 1. The number of amides is 1. The third-order valence-corrected chi connectivity index (χ3v) is 3.95. The number of aliphatic imine (C=N–C) groups is 1. The van der Waals surface area contributed by atoms with Crippen LogP contribution in [-0.4, -0.2) is 44.0 Å². The SMILES string of the molecule is CCNC(=NCc1cccc(-c2cccc(C)c2)c1)NCC(=O)N(C)C. The van der Waals surface area contributed by atoms with Crippen LogP contribution in [0.15, 0.2) is 53.5 Å². The number of benzene rings is 2. The van der Waals surface area contributed by atoms with Crippen LogP contribution in [0.2, 0.25) is 0 Å². The molecule has 138 valence electrons. The highest BCUT2D eigenvalue weighted by atomic mass is 16.2. The monoisotopic (exact) mass is 352 g/mol. The van der Waals surface area contributed by atoms with Crippen molar-refractivity contribution in [3.63, 3.8) is 0 Å². The molecule has 5 nitrogen and oxygen atoms in total. The van der Waals surface area contributed by atoms with Gasteiger partial charge in [-0.25, -0.2) is 4.99 Å². The van der Waals surface area contributed by atoms with E-state index in [4.69, 9.17) is 0 Å². The van der Waals surface area contributed by atoms with E-state index in [1.54, 1.807) is 19.0 Å². The molecule has 2 aromatic carbocycles. The lowest BCUT2D eigenvalue weighted by Crippen LogP contribution is -2.42. The first-order chi connectivity index (χ1) is 12.5. The molecule has 0 aliphatic carbocycles. The molecule has 0 aromatic heterocycles. The van der Waals surface area contributed by atoms with Gasteiger partial charge in [-0.2, -0.15) is 0 Å². The molecular formula is C21H28N4O. The van der Waals surface area contributed by atoms with Crippen LogP contribution in [0.3, 0.4) is 0 Å². The van der Waals surface area contributed by atoms with Gasteiger partial charge >= 0.3 is 0 Å². The van der Waals surface area contributed by atoms with Crippen molar-refractivity contribution in [1.29, 1.82) is 0 Å². The predicted molar refractivity (Wildman–Crippen MR) is 108 cm³/mol. The second-order valence-electron chi connectivity index (χ2n) is 6.41. The van der Waals surface area contributed by atoms with Crippen LogP contribution in [0.1, 0.15) is 18.1 Å². The first-order valence-electron chi connectivity index (χ1n) is 8.88. The Morgan fingerprint density at radius 3 is 2.38 bits per heavy atom. The normalized spacial score (nSPS) is 11.2. The Balaban J connectivity index is 2.09. The highest BCUT2D eigenvalue weighted by Crippen LogP contribution is 2.21. The minimum Gasteiger partial charge on any atom is -0.357 e. The molecule has 0 bridgehead atoms. The summed E-state index contributed by atoms with van der Waals surface area (Å²) in [6, 6.07) is 16.9. The van der Waals surface area contributed by atoms with Crippen LogP contribution in [0.25, 0.3) is 11.1 Å². The number of likely N-dealkylation sites (N-methyl/N-ethyl adjacent to an activating group) is 1. The van der Waals surface area contributed by atoms with Crippen LogP contribution >= 0.6 is 0 Å². The molecule has 0 aliphatic rings. The molecule has 0 saturated heterocycles. The van der Waals surface area contributed by atoms with Crippen LogP contribution in [0, 0.1) is 6.92 Å². The van der Waals surface area contributed by atoms with Gasteiger partial charge in [0.1, 0.15) is 0 Å². The summed E-state index contributed by atoms with van der Waals surface area (Å²) < 4.78 is 0. The van der Waals surface area contributed by atoms with Crippen molar-refractivity contribution in [2.75, 3.05) is 27.2 Å². The van der Waals surface area contributed by atoms with E-state index in [0.29, 0.717) is 12.5 Å². The van der Waals surface area contributed by atoms with E-state index in [0.717, 1.165) is 12.1 Å². The molecule has 2 rings (SSSR count). The Morgan fingerprint density at radius 1 is 1.04 bits per heavy atom. The molecule has 2 N–H and O–H groups in total. The fourth-order valence-electron chi connectivity index (χ4n) is 2.50. The number of rotatable bonds is 6. The van der Waals surface area contributed by atoms with Crippen molar-refractivity contribution in [3.05, 3.63) is 59.7 Å². The van der Waals surface area contributed by atoms with Crippen molar-refractivity contribution >= 4 is 11.9 Å². The number of guanidine groups is 1. The average molecular weight is 352 g/mol. The molecule has 0 heterocycles. The average Bonchev–Trinajstić information content (AvgIpc) is 2.64. The molecule has 0 unspecified atom stereocenters. The van der Waals surface area contributed by atoms with Gasteiger partial charge in [0.05, 0.1) is 13.1 Å². The number of nitrogens with one attached hydrogen (secondary N) is 2. The van der Waals surface area contributed by atoms with Gasteiger partial charge in [-0.15, -0.1) is 0 Å². The Hall–Kier alpha value is -2.82. The van der Waals surface area contributed by atoms with Gasteiger partial charge in [-0.05, 0) is 36.6 Å². The Labute approximate surface area is 156 Å². The first-order valence-corrected chi connectivity index (χ1v) is 8.88. The topological polar surface area (TPSA) is 56.7 Å². The third-order valence-electron chi connectivity index (χ3n) is 3.95. The standard InChI is InChI=1S/C21H28N4O/c1-5-22-21(24-15-20(26)25(3)4)23-14-17-9-7-11-19(13-17)18-10-6-8-16(2)12-18/h6-13H,5,14-15H2,1-4H3,(H2,22,23,24). The van der Waals surface area contributed by atoms with Crippen molar-refractivity contribution in [2.45, 2.75) is 20.4 Å². The molecule has 0 radical (unpaired) electrons. The van der Waals surface area contributed by atoms with E-state index >= 15 is 0 Å². The Morgan fingerprint density at radius 2 is 1.73 bits per heavy atom. The lowest BCUT2D eigenvalue weighted by Gasteiger charge is -2.14. The molecule has 1 amide bonds. The van der Waals surface area contributed by atoms with Crippen molar-refractivity contribution in [3.8, 4) is 11.1 Å². The molecule has 0 fully saturated rings. The second kappa shape index (κ2) is 9.61. The molecule has 2 aromatic rings. The molecule has 0 spiro atoms. The van der Waals surface area contributed by atoms with Gasteiger partial charge in [0.15, 0.2) is 5.96 Å². The predicted octanol–water partition coefficient (Wildman–Crippen LogP) is 2.81. The summed E-state index contributed by atoms with van der Waals surface area (Å²) in [5, 5.41) is 6.24. The zero-order valence-electron chi connectivity index (χ0n) is 16.0.